The van der Waals surface area contributed by atoms with Crippen LogP contribution in [0.1, 0.15) is 52.5 Å². The number of rotatable bonds is 14. The zero-order chi connectivity index (χ0) is 26.2. The van der Waals surface area contributed by atoms with Crippen molar-refractivity contribution in [3.63, 3.8) is 0 Å². The summed E-state index contributed by atoms with van der Waals surface area (Å²) < 4.78 is 30.3. The number of ether oxygens (including phenoxy) is 6. The molecule has 1 N–H and O–H groups in total. The number of esters is 2. The molecule has 1 unspecified atom stereocenters. The molecule has 0 radical (unpaired) electrons. The van der Waals surface area contributed by atoms with Gasteiger partial charge in [0.2, 0.25) is 0 Å². The van der Waals surface area contributed by atoms with Crippen molar-refractivity contribution in [3.8, 4) is 11.5 Å². The highest BCUT2D eigenvalue weighted by Gasteiger charge is 2.23. The van der Waals surface area contributed by atoms with Gasteiger partial charge in [-0.1, -0.05) is 26.8 Å². The predicted molar refractivity (Wildman–Crippen MR) is 124 cm³/mol. The van der Waals surface area contributed by atoms with Crippen molar-refractivity contribution < 1.29 is 47.6 Å². The van der Waals surface area contributed by atoms with Gasteiger partial charge < -0.3 is 33.7 Å². The molecule has 0 saturated carbocycles. The monoisotopic (exact) mass is 497 g/mol. The normalized spacial score (nSPS) is 12.1. The Hall–Kier alpha value is -3.34. The molecule has 0 saturated heterocycles. The summed E-state index contributed by atoms with van der Waals surface area (Å²) in [6.45, 7) is 7.59. The predicted octanol–water partition coefficient (Wildman–Crippen LogP) is 3.55. The van der Waals surface area contributed by atoms with Gasteiger partial charge in [0.05, 0.1) is 20.3 Å². The first kappa shape index (κ1) is 29.7. The summed E-state index contributed by atoms with van der Waals surface area (Å²) in [5.74, 6) is -1.01. The molecule has 0 fully saturated rings. The number of carbonyl (C=O) groups excluding carboxylic acids is 4. The highest BCUT2D eigenvalue weighted by Crippen LogP contribution is 2.30. The Bertz CT molecular complexity index is 842. The fourth-order valence-electron chi connectivity index (χ4n) is 2.73. The molecule has 1 aromatic rings. The molecule has 1 rings (SSSR count). The minimum absolute atomic E-state index is 0.0500. The number of nitrogens with one attached hydrogen (secondary N) is 1. The van der Waals surface area contributed by atoms with Crippen LogP contribution in [0.25, 0.3) is 0 Å². The lowest BCUT2D eigenvalue weighted by Crippen LogP contribution is -2.43. The zero-order valence-corrected chi connectivity index (χ0v) is 20.9. The van der Waals surface area contributed by atoms with Crippen LogP contribution in [0.2, 0.25) is 0 Å². The molecule has 0 aliphatic heterocycles. The smallest absolute Gasteiger partial charge is 0.468 e. The summed E-state index contributed by atoms with van der Waals surface area (Å²) >= 11 is 0. The molecule has 0 spiro atoms. The lowest BCUT2D eigenvalue weighted by molar-refractivity contribution is -0.147. The molecule has 0 aliphatic carbocycles. The van der Waals surface area contributed by atoms with E-state index in [1.165, 1.54) is 19.2 Å². The van der Waals surface area contributed by atoms with Crippen LogP contribution in [-0.4, -0.2) is 63.3 Å². The molecule has 196 valence electrons. The van der Waals surface area contributed by atoms with Crippen LogP contribution in [-0.2, 0) is 35.0 Å². The quantitative estimate of drug-likeness (QED) is 0.229. The van der Waals surface area contributed by atoms with E-state index in [9.17, 15) is 19.2 Å². The van der Waals surface area contributed by atoms with Crippen LogP contribution in [0.3, 0.4) is 0 Å². The Morgan fingerprint density at radius 1 is 0.914 bits per heavy atom. The van der Waals surface area contributed by atoms with E-state index in [1.54, 1.807) is 19.9 Å². The fraction of sp³-hybridized carbons (Fsp3) is 0.583. The van der Waals surface area contributed by atoms with E-state index in [0.717, 1.165) is 0 Å². The van der Waals surface area contributed by atoms with Crippen molar-refractivity contribution in [3.05, 3.63) is 23.8 Å². The number of hydrogen-bond donors (Lipinski definition) is 1. The molecular weight excluding hydrogens is 462 g/mol. The molecule has 0 aromatic heterocycles. The third-order valence-corrected chi connectivity index (χ3v) is 4.44. The summed E-state index contributed by atoms with van der Waals surface area (Å²) in [5.41, 5.74) is 0.568. The number of hydrogen-bond acceptors (Lipinski definition) is 11. The first-order valence-electron chi connectivity index (χ1n) is 11.6. The first-order valence-corrected chi connectivity index (χ1v) is 11.6. The second-order valence-corrected chi connectivity index (χ2v) is 7.52. The van der Waals surface area contributed by atoms with Crippen LogP contribution in [0.5, 0.6) is 11.5 Å². The Morgan fingerprint density at radius 2 is 1.51 bits per heavy atom. The second-order valence-electron chi connectivity index (χ2n) is 7.52. The molecular formula is C24H35NO10. The number of methoxy groups -OCH3 is 1. The van der Waals surface area contributed by atoms with E-state index >= 15 is 0 Å². The summed E-state index contributed by atoms with van der Waals surface area (Å²) in [6, 6.07) is 3.69. The summed E-state index contributed by atoms with van der Waals surface area (Å²) in [5, 5.41) is 3.02. The van der Waals surface area contributed by atoms with Gasteiger partial charge in [0.1, 0.15) is 12.1 Å². The molecule has 0 amide bonds. The molecule has 11 nitrogen and oxygen atoms in total. The number of benzene rings is 1. The Morgan fingerprint density at radius 3 is 2.06 bits per heavy atom. The maximum absolute atomic E-state index is 12.3. The lowest BCUT2D eigenvalue weighted by atomic mass is 10.0. The van der Waals surface area contributed by atoms with Crippen molar-refractivity contribution in [2.75, 3.05) is 26.9 Å². The molecule has 1 aromatic carbocycles. The van der Waals surface area contributed by atoms with Crippen molar-refractivity contribution in [2.45, 2.75) is 65.5 Å². The summed E-state index contributed by atoms with van der Waals surface area (Å²) in [7, 11) is 1.26. The van der Waals surface area contributed by atoms with E-state index in [2.05, 4.69) is 5.32 Å². The van der Waals surface area contributed by atoms with Gasteiger partial charge in [-0.3, -0.25) is 9.59 Å². The van der Waals surface area contributed by atoms with E-state index in [0.29, 0.717) is 18.4 Å². The SMILES string of the molecule is CCCOC(=O)Oc1ccc(C[C@H](NCC(C)OC(=O)CC)C(=O)OC)cc1OC(=O)OCCC. The van der Waals surface area contributed by atoms with Gasteiger partial charge in [0, 0.05) is 13.0 Å². The first-order chi connectivity index (χ1) is 16.7. The second kappa shape index (κ2) is 16.3. The van der Waals surface area contributed by atoms with Gasteiger partial charge in [-0.2, -0.15) is 0 Å². The average molecular weight is 498 g/mol. The lowest BCUT2D eigenvalue weighted by Gasteiger charge is -2.20. The van der Waals surface area contributed by atoms with Crippen LogP contribution in [0, 0.1) is 0 Å². The average Bonchev–Trinajstić information content (AvgIpc) is 2.84. The van der Waals surface area contributed by atoms with E-state index in [-0.39, 0.29) is 50.1 Å². The van der Waals surface area contributed by atoms with Crippen LogP contribution in [0.15, 0.2) is 18.2 Å². The zero-order valence-electron chi connectivity index (χ0n) is 20.9. The van der Waals surface area contributed by atoms with E-state index < -0.39 is 30.4 Å². The van der Waals surface area contributed by atoms with Crippen molar-refractivity contribution >= 4 is 24.2 Å². The Kier molecular flexibility index (Phi) is 13.8. The van der Waals surface area contributed by atoms with Crippen LogP contribution in [0.4, 0.5) is 9.59 Å². The van der Waals surface area contributed by atoms with Crippen molar-refractivity contribution in [1.82, 2.24) is 5.32 Å². The van der Waals surface area contributed by atoms with E-state index in [1.807, 2.05) is 13.8 Å². The van der Waals surface area contributed by atoms with Crippen molar-refractivity contribution in [2.24, 2.45) is 0 Å². The summed E-state index contributed by atoms with van der Waals surface area (Å²) in [4.78, 5) is 47.7. The molecule has 0 heterocycles. The Balaban J connectivity index is 3.04. The van der Waals surface area contributed by atoms with Gasteiger partial charge in [0.15, 0.2) is 11.5 Å². The third kappa shape index (κ3) is 11.6. The fourth-order valence-corrected chi connectivity index (χ4v) is 2.73. The molecule has 0 bridgehead atoms. The standard InChI is InChI=1S/C24H35NO10/c1-6-11-31-23(28)34-19-10-9-17(14-20(19)35-24(29)32-12-7-2)13-18(22(27)30-5)25-15-16(4)33-21(26)8-3/h9-10,14,16,18,25H,6-8,11-13,15H2,1-5H3/t16?,18-/m0/s1. The van der Waals surface area contributed by atoms with Crippen LogP contribution >= 0.6 is 0 Å². The number of carbonyl (C=O) groups is 4. The minimum Gasteiger partial charge on any atom is -0.468 e. The maximum atomic E-state index is 12.3. The highest BCUT2D eigenvalue weighted by molar-refractivity contribution is 5.76. The highest BCUT2D eigenvalue weighted by atomic mass is 16.7. The Labute approximate surface area is 205 Å². The van der Waals surface area contributed by atoms with Gasteiger partial charge in [-0.05, 0) is 43.9 Å². The van der Waals surface area contributed by atoms with E-state index in [4.69, 9.17) is 28.4 Å². The largest absolute Gasteiger partial charge is 0.513 e. The third-order valence-electron chi connectivity index (χ3n) is 4.44. The van der Waals surface area contributed by atoms with Gasteiger partial charge in [-0.25, -0.2) is 9.59 Å². The van der Waals surface area contributed by atoms with Crippen molar-refractivity contribution in [1.29, 1.82) is 0 Å². The summed E-state index contributed by atoms with van der Waals surface area (Å²) in [6.07, 6.45) is -0.788. The minimum atomic E-state index is -0.968. The molecule has 2 atom stereocenters. The molecule has 11 heteroatoms. The molecule has 35 heavy (non-hydrogen) atoms. The van der Waals surface area contributed by atoms with Gasteiger partial charge in [-0.15, -0.1) is 0 Å². The molecule has 0 aliphatic rings. The van der Waals surface area contributed by atoms with Crippen LogP contribution < -0.4 is 14.8 Å². The topological polar surface area (TPSA) is 136 Å². The van der Waals surface area contributed by atoms with Gasteiger partial charge in [0.25, 0.3) is 0 Å². The maximum Gasteiger partial charge on any atom is 0.513 e. The van der Waals surface area contributed by atoms with Gasteiger partial charge >= 0.3 is 24.2 Å².